The number of nitrogens with two attached hydrogens (primary N) is 1. The predicted molar refractivity (Wildman–Crippen MR) is 191 cm³/mol. The zero-order valence-corrected chi connectivity index (χ0v) is 30.8. The zero-order chi connectivity index (χ0) is 35.8. The van der Waals surface area contributed by atoms with Gasteiger partial charge in [0.15, 0.2) is 5.78 Å². The highest BCUT2D eigenvalue weighted by atomic mass is 16.5. The molecule has 3 saturated carbocycles. The first-order chi connectivity index (χ1) is 23.7. The molecule has 7 aliphatic rings. The van der Waals surface area contributed by atoms with Crippen molar-refractivity contribution in [2.75, 3.05) is 6.61 Å². The number of carbonyl (C=O) groups is 1. The Kier molecular flexibility index (Phi) is 9.82. The fourth-order valence-electron chi connectivity index (χ4n) is 12.8. The maximum atomic E-state index is 14.7. The summed E-state index contributed by atoms with van der Waals surface area (Å²) in [6.07, 6.45) is 13.0. The summed E-state index contributed by atoms with van der Waals surface area (Å²) in [5.41, 5.74) is 4.46. The Morgan fingerprint density at radius 1 is 1.14 bits per heavy atom. The van der Waals surface area contributed by atoms with Gasteiger partial charge in [-0.1, -0.05) is 52.5 Å². The van der Waals surface area contributed by atoms with Crippen LogP contribution >= 0.6 is 0 Å². The van der Waals surface area contributed by atoms with Crippen molar-refractivity contribution >= 4 is 5.78 Å². The van der Waals surface area contributed by atoms with Gasteiger partial charge in [0.05, 0.1) is 42.3 Å². The number of nitrogens with one attached hydrogen (secondary N) is 1. The molecule has 0 bridgehead atoms. The molecule has 15 atom stereocenters. The molecular weight excluding hydrogens is 632 g/mol. The average Bonchev–Trinajstić information content (AvgIpc) is 3.57. The van der Waals surface area contributed by atoms with Gasteiger partial charge in [-0.2, -0.15) is 0 Å². The largest absolute Gasteiger partial charge is 0.390 e. The first-order valence-corrected chi connectivity index (χ1v) is 20.0. The van der Waals surface area contributed by atoms with Gasteiger partial charge in [-0.3, -0.25) is 4.79 Å². The highest BCUT2D eigenvalue weighted by Gasteiger charge is 2.74. The first-order valence-electron chi connectivity index (χ1n) is 20.0. The maximum absolute atomic E-state index is 14.7. The van der Waals surface area contributed by atoms with E-state index in [1.807, 2.05) is 18.4 Å². The van der Waals surface area contributed by atoms with E-state index < -0.39 is 58.3 Å². The predicted octanol–water partition coefficient (Wildman–Crippen LogP) is 4.40. The van der Waals surface area contributed by atoms with Crippen molar-refractivity contribution in [1.29, 1.82) is 0 Å². The molecule has 1 saturated heterocycles. The lowest BCUT2D eigenvalue weighted by atomic mass is 9.41. The van der Waals surface area contributed by atoms with Crippen molar-refractivity contribution in [2.45, 2.75) is 159 Å². The fraction of sp³-hybridized carbons (Fsp3) is 0.829. The molecule has 0 aromatic rings. The SMILES string of the molecule is CCCCCCC1COC(C(O)C(C)(O)C2CC3CCC4=C5C(CCC2(C)C53O)C2(CCC3=CNC(N)C=C3)CC(O)C(O)CC2C4=O)C1C. The summed E-state index contributed by atoms with van der Waals surface area (Å²) in [5, 5.41) is 63.2. The minimum atomic E-state index is -1.51. The van der Waals surface area contributed by atoms with E-state index in [0.29, 0.717) is 63.9 Å². The zero-order valence-electron chi connectivity index (χ0n) is 30.8. The van der Waals surface area contributed by atoms with Crippen molar-refractivity contribution in [3.63, 3.8) is 0 Å². The smallest absolute Gasteiger partial charge is 0.162 e. The molecule has 15 unspecified atom stereocenters. The van der Waals surface area contributed by atoms with Gasteiger partial charge in [-0.15, -0.1) is 0 Å². The summed E-state index contributed by atoms with van der Waals surface area (Å²) in [4.78, 5) is 14.7. The number of Topliss-reactive ketones (excluding diaryl/α,β-unsaturated/α-hetero) is 1. The lowest BCUT2D eigenvalue weighted by Gasteiger charge is -2.64. The van der Waals surface area contributed by atoms with Crippen LogP contribution in [0.2, 0.25) is 0 Å². The topological polar surface area (TPSA) is 165 Å². The maximum Gasteiger partial charge on any atom is 0.162 e. The second-order valence-electron chi connectivity index (χ2n) is 18.1. The molecule has 7 rings (SSSR count). The molecule has 0 radical (unpaired) electrons. The van der Waals surface area contributed by atoms with E-state index in [-0.39, 0.29) is 36.1 Å². The molecule has 0 aromatic heterocycles. The number of hydrogen-bond acceptors (Lipinski definition) is 9. The molecule has 2 aliphatic heterocycles. The number of allylic oxidation sites excluding steroid dienone is 3. The normalized spacial score (nSPS) is 46.9. The summed E-state index contributed by atoms with van der Waals surface area (Å²) in [5.74, 6) is -0.597. The average molecular weight is 697 g/mol. The molecule has 50 heavy (non-hydrogen) atoms. The number of ether oxygens (including phenoxy) is 1. The summed E-state index contributed by atoms with van der Waals surface area (Å²) in [7, 11) is 0. The van der Waals surface area contributed by atoms with E-state index in [2.05, 4.69) is 26.1 Å². The molecule has 9 heteroatoms. The third-order valence-corrected chi connectivity index (χ3v) is 15.7. The van der Waals surface area contributed by atoms with Crippen LogP contribution in [0, 0.1) is 46.3 Å². The van der Waals surface area contributed by atoms with Crippen LogP contribution in [0.15, 0.2) is 35.1 Å². The van der Waals surface area contributed by atoms with E-state index in [9.17, 15) is 30.3 Å². The van der Waals surface area contributed by atoms with E-state index >= 15 is 0 Å². The molecule has 4 fully saturated rings. The number of ketones is 1. The molecule has 2 heterocycles. The number of rotatable bonds is 11. The van der Waals surface area contributed by atoms with Crippen LogP contribution in [0.25, 0.3) is 0 Å². The standard InChI is InChI=1S/C41H64N2O7/c1-5-6-7-8-9-25-22-50-36(23(25)2)37(47)39(4,48)32-18-26-11-12-27-34-28(15-16-38(32,3)41(26,34)49)40(17-14-24-10-13-33(42)43-21-24)20-31(45)30(44)19-29(40)35(27)46/h10,13,21,23,25-26,28-33,36-37,43-45,47-49H,5-9,11-12,14-20,22,42H2,1-4H3. The summed E-state index contributed by atoms with van der Waals surface area (Å²) >= 11 is 0. The van der Waals surface area contributed by atoms with Crippen LogP contribution in [0.5, 0.6) is 0 Å². The van der Waals surface area contributed by atoms with E-state index in [1.54, 1.807) is 6.92 Å². The lowest BCUT2D eigenvalue weighted by Crippen LogP contribution is -2.66. The summed E-state index contributed by atoms with van der Waals surface area (Å²) in [6, 6.07) is 0. The highest BCUT2D eigenvalue weighted by molar-refractivity contribution is 6.00. The first kappa shape index (κ1) is 36.8. The van der Waals surface area contributed by atoms with Gasteiger partial charge in [0.1, 0.15) is 6.10 Å². The van der Waals surface area contributed by atoms with Crippen molar-refractivity contribution < 1.29 is 35.1 Å². The summed E-state index contributed by atoms with van der Waals surface area (Å²) < 4.78 is 6.28. The Labute approximate surface area is 298 Å². The van der Waals surface area contributed by atoms with Gasteiger partial charge < -0.3 is 41.3 Å². The molecule has 0 spiro atoms. The van der Waals surface area contributed by atoms with Gasteiger partial charge in [-0.25, -0.2) is 0 Å². The second kappa shape index (κ2) is 13.4. The Balaban J connectivity index is 1.20. The number of dihydropyridines is 1. The number of unbranched alkanes of at least 4 members (excludes halogenated alkanes) is 3. The minimum Gasteiger partial charge on any atom is -0.390 e. The second-order valence-corrected chi connectivity index (χ2v) is 18.1. The monoisotopic (exact) mass is 696 g/mol. The van der Waals surface area contributed by atoms with Gasteiger partial charge in [0.25, 0.3) is 0 Å². The quantitative estimate of drug-likeness (QED) is 0.155. The highest BCUT2D eigenvalue weighted by Crippen LogP contribution is 2.74. The molecule has 280 valence electrons. The van der Waals surface area contributed by atoms with Gasteiger partial charge in [0, 0.05) is 17.5 Å². The fourth-order valence-corrected chi connectivity index (χ4v) is 12.8. The number of aliphatic hydroxyl groups excluding tert-OH is 3. The van der Waals surface area contributed by atoms with Crippen LogP contribution in [0.4, 0.5) is 0 Å². The third-order valence-electron chi connectivity index (χ3n) is 15.7. The Morgan fingerprint density at radius 3 is 2.64 bits per heavy atom. The van der Waals surface area contributed by atoms with Crippen LogP contribution in [-0.2, 0) is 9.53 Å². The van der Waals surface area contributed by atoms with Gasteiger partial charge in [-0.05, 0) is 129 Å². The molecule has 8 N–H and O–H groups in total. The third kappa shape index (κ3) is 5.46. The number of hydrogen-bond donors (Lipinski definition) is 7. The van der Waals surface area contributed by atoms with E-state index in [4.69, 9.17) is 10.5 Å². The van der Waals surface area contributed by atoms with E-state index in [1.165, 1.54) is 19.3 Å². The van der Waals surface area contributed by atoms with Gasteiger partial charge >= 0.3 is 0 Å². The van der Waals surface area contributed by atoms with Crippen LogP contribution in [0.1, 0.15) is 118 Å². The van der Waals surface area contributed by atoms with Crippen LogP contribution < -0.4 is 11.1 Å². The number of carbonyl (C=O) groups excluding carboxylic acids is 1. The molecule has 0 amide bonds. The molecule has 0 aromatic carbocycles. The van der Waals surface area contributed by atoms with Crippen LogP contribution in [0.3, 0.4) is 0 Å². The van der Waals surface area contributed by atoms with Crippen LogP contribution in [-0.4, -0.2) is 79.7 Å². The van der Waals surface area contributed by atoms with Crippen molar-refractivity contribution in [3.05, 3.63) is 35.1 Å². The van der Waals surface area contributed by atoms with Crippen molar-refractivity contribution in [2.24, 2.45) is 52.1 Å². The van der Waals surface area contributed by atoms with Crippen molar-refractivity contribution in [3.8, 4) is 0 Å². The Morgan fingerprint density at radius 2 is 1.92 bits per heavy atom. The lowest BCUT2D eigenvalue weighted by molar-refractivity contribution is -0.200. The number of fused-ring (bicyclic) bond motifs is 2. The van der Waals surface area contributed by atoms with E-state index in [0.717, 1.165) is 29.6 Å². The Bertz CT molecular complexity index is 1410. The number of aliphatic hydroxyl groups is 5. The van der Waals surface area contributed by atoms with Crippen molar-refractivity contribution in [1.82, 2.24) is 5.32 Å². The minimum absolute atomic E-state index is 0.0278. The Hall–Kier alpha value is -1.59. The van der Waals surface area contributed by atoms with Gasteiger partial charge in [0.2, 0.25) is 0 Å². The summed E-state index contributed by atoms with van der Waals surface area (Å²) in [6.45, 7) is 8.81. The molecule has 5 aliphatic carbocycles. The molecular formula is C41H64N2O7. The molecule has 9 nitrogen and oxygen atoms in total.